The number of allylic oxidation sites excluding steroid dienone is 1. The molecule has 0 aliphatic heterocycles. The van der Waals surface area contributed by atoms with E-state index in [-0.39, 0.29) is 17.0 Å². The molecule has 0 amide bonds. The SMILES string of the molecule is N#CC(C#N)=Cc1c(Oc2ccccc2Cl)nc2ccccn2c1=O. The lowest BCUT2D eigenvalue weighted by molar-refractivity contribution is 0.461. The van der Waals surface area contributed by atoms with E-state index in [1.807, 2.05) is 0 Å². The van der Waals surface area contributed by atoms with E-state index in [0.29, 0.717) is 16.4 Å². The molecule has 0 fully saturated rings. The summed E-state index contributed by atoms with van der Waals surface area (Å²) in [7, 11) is 0. The normalized spacial score (nSPS) is 9.88. The van der Waals surface area contributed by atoms with Crippen molar-refractivity contribution in [3.63, 3.8) is 0 Å². The van der Waals surface area contributed by atoms with Gasteiger partial charge in [0.15, 0.2) is 0 Å². The minimum absolute atomic E-state index is 0.0123. The molecule has 3 rings (SSSR count). The van der Waals surface area contributed by atoms with Gasteiger partial charge >= 0.3 is 0 Å². The fraction of sp³-hybridized carbons (Fsp3) is 0. The number of para-hydroxylation sites is 1. The second-order valence-corrected chi connectivity index (χ2v) is 5.29. The van der Waals surface area contributed by atoms with Crippen molar-refractivity contribution in [2.45, 2.75) is 0 Å². The van der Waals surface area contributed by atoms with Gasteiger partial charge in [-0.05, 0) is 30.3 Å². The Bertz CT molecular complexity index is 1120. The zero-order valence-electron chi connectivity index (χ0n) is 12.7. The van der Waals surface area contributed by atoms with Gasteiger partial charge in [0.25, 0.3) is 5.56 Å². The maximum atomic E-state index is 12.7. The predicted molar refractivity (Wildman–Crippen MR) is 92.2 cm³/mol. The molecule has 0 saturated carbocycles. The molecule has 7 heteroatoms. The molecule has 0 bridgehead atoms. The first-order valence-corrected chi connectivity index (χ1v) is 7.47. The maximum Gasteiger partial charge on any atom is 0.269 e. The van der Waals surface area contributed by atoms with Gasteiger partial charge in [-0.3, -0.25) is 9.20 Å². The highest BCUT2D eigenvalue weighted by Gasteiger charge is 2.15. The number of nitriles is 2. The number of ether oxygens (including phenoxy) is 1. The second kappa shape index (κ2) is 6.88. The Balaban J connectivity index is 2.28. The van der Waals surface area contributed by atoms with Crippen LogP contribution in [-0.4, -0.2) is 9.38 Å². The van der Waals surface area contributed by atoms with Crippen LogP contribution in [0, 0.1) is 22.7 Å². The van der Waals surface area contributed by atoms with Crippen LogP contribution in [0.4, 0.5) is 0 Å². The zero-order valence-corrected chi connectivity index (χ0v) is 13.4. The van der Waals surface area contributed by atoms with Crippen molar-refractivity contribution in [1.29, 1.82) is 10.5 Å². The molecule has 3 aromatic rings. The summed E-state index contributed by atoms with van der Waals surface area (Å²) in [6, 6.07) is 15.2. The number of benzene rings is 1. The molecule has 0 saturated heterocycles. The first kappa shape index (κ1) is 16.3. The lowest BCUT2D eigenvalue weighted by atomic mass is 10.2. The third kappa shape index (κ3) is 3.20. The molecule has 0 N–H and O–H groups in total. The van der Waals surface area contributed by atoms with Crippen LogP contribution in [0.2, 0.25) is 5.02 Å². The Hall–Kier alpha value is -3.61. The van der Waals surface area contributed by atoms with E-state index in [9.17, 15) is 4.79 Å². The van der Waals surface area contributed by atoms with E-state index in [1.54, 1.807) is 60.8 Å². The Kier molecular flexibility index (Phi) is 4.47. The smallest absolute Gasteiger partial charge is 0.269 e. The summed E-state index contributed by atoms with van der Waals surface area (Å²) in [4.78, 5) is 17.1. The molecule has 1 aromatic carbocycles. The molecule has 0 spiro atoms. The van der Waals surface area contributed by atoms with Gasteiger partial charge in [0, 0.05) is 6.20 Å². The van der Waals surface area contributed by atoms with Crippen LogP contribution in [0.5, 0.6) is 11.6 Å². The van der Waals surface area contributed by atoms with Crippen molar-refractivity contribution < 1.29 is 4.74 Å². The molecule has 0 atom stereocenters. The van der Waals surface area contributed by atoms with Gasteiger partial charge in [0.05, 0.1) is 5.02 Å². The molecule has 0 radical (unpaired) electrons. The molecule has 0 aliphatic rings. The first-order valence-electron chi connectivity index (χ1n) is 7.09. The zero-order chi connectivity index (χ0) is 17.8. The van der Waals surface area contributed by atoms with Crippen molar-refractivity contribution >= 4 is 23.3 Å². The van der Waals surface area contributed by atoms with Crippen LogP contribution in [-0.2, 0) is 0 Å². The summed E-state index contributed by atoms with van der Waals surface area (Å²) in [5.41, 5.74) is -0.349. The third-order valence-corrected chi connectivity index (χ3v) is 3.62. The fourth-order valence-electron chi connectivity index (χ4n) is 2.15. The summed E-state index contributed by atoms with van der Waals surface area (Å²) in [5, 5.41) is 18.3. The number of pyridine rings is 1. The van der Waals surface area contributed by atoms with Crippen molar-refractivity contribution in [3.05, 3.63) is 75.2 Å². The largest absolute Gasteiger partial charge is 0.437 e. The van der Waals surface area contributed by atoms with Gasteiger partial charge in [-0.15, -0.1) is 0 Å². The van der Waals surface area contributed by atoms with E-state index < -0.39 is 5.56 Å². The molecule has 6 nitrogen and oxygen atoms in total. The average Bonchev–Trinajstić information content (AvgIpc) is 2.63. The van der Waals surface area contributed by atoms with E-state index in [0.717, 1.165) is 6.08 Å². The minimum Gasteiger partial charge on any atom is -0.437 e. The monoisotopic (exact) mass is 348 g/mol. The van der Waals surface area contributed by atoms with Gasteiger partial charge < -0.3 is 4.74 Å². The van der Waals surface area contributed by atoms with E-state index >= 15 is 0 Å². The lowest BCUT2D eigenvalue weighted by Crippen LogP contribution is -2.18. The number of hydrogen-bond donors (Lipinski definition) is 0. The fourth-order valence-corrected chi connectivity index (χ4v) is 2.32. The van der Waals surface area contributed by atoms with Crippen LogP contribution in [0.3, 0.4) is 0 Å². The summed E-state index contributed by atoms with van der Waals surface area (Å²) >= 11 is 6.09. The van der Waals surface area contributed by atoms with Crippen molar-refractivity contribution in [1.82, 2.24) is 9.38 Å². The number of hydrogen-bond acceptors (Lipinski definition) is 5. The third-order valence-electron chi connectivity index (χ3n) is 3.31. The second-order valence-electron chi connectivity index (χ2n) is 4.88. The minimum atomic E-state index is -0.462. The van der Waals surface area contributed by atoms with E-state index in [2.05, 4.69) is 4.98 Å². The van der Waals surface area contributed by atoms with Crippen LogP contribution < -0.4 is 10.3 Å². The molecule has 2 heterocycles. The van der Waals surface area contributed by atoms with Gasteiger partial charge in [-0.25, -0.2) is 0 Å². The summed E-state index contributed by atoms with van der Waals surface area (Å²) in [5.74, 6) is 0.272. The van der Waals surface area contributed by atoms with Gasteiger partial charge in [0.2, 0.25) is 5.88 Å². The molecular formula is C18H9ClN4O2. The lowest BCUT2D eigenvalue weighted by Gasteiger charge is -2.10. The number of rotatable bonds is 3. The molecule has 25 heavy (non-hydrogen) atoms. The van der Waals surface area contributed by atoms with Crippen LogP contribution in [0.25, 0.3) is 11.7 Å². The number of fused-ring (bicyclic) bond motifs is 1. The summed E-state index contributed by atoms with van der Waals surface area (Å²) in [6.07, 6.45) is 2.70. The number of halogens is 1. The molecule has 2 aromatic heterocycles. The van der Waals surface area contributed by atoms with Crippen molar-refractivity contribution in [2.24, 2.45) is 0 Å². The maximum absolute atomic E-state index is 12.7. The number of aromatic nitrogens is 2. The van der Waals surface area contributed by atoms with Crippen LogP contribution >= 0.6 is 11.6 Å². The van der Waals surface area contributed by atoms with E-state index in [4.69, 9.17) is 26.9 Å². The highest BCUT2D eigenvalue weighted by molar-refractivity contribution is 6.32. The van der Waals surface area contributed by atoms with E-state index in [1.165, 1.54) is 4.40 Å². The molecule has 0 unspecified atom stereocenters. The predicted octanol–water partition coefficient (Wildman–Crippen LogP) is 3.57. The van der Waals surface area contributed by atoms with Gasteiger partial charge in [-0.2, -0.15) is 15.5 Å². The quantitative estimate of drug-likeness (QED) is 0.675. The van der Waals surface area contributed by atoms with Gasteiger partial charge in [-0.1, -0.05) is 29.8 Å². The highest BCUT2D eigenvalue weighted by atomic mass is 35.5. The molecular weight excluding hydrogens is 340 g/mol. The molecule has 0 aliphatic carbocycles. The number of nitrogens with zero attached hydrogens (tertiary/aromatic N) is 4. The molecule has 120 valence electrons. The Morgan fingerprint density at radius 2 is 1.88 bits per heavy atom. The Morgan fingerprint density at radius 3 is 2.60 bits per heavy atom. The van der Waals surface area contributed by atoms with Crippen molar-refractivity contribution in [3.8, 4) is 23.8 Å². The van der Waals surface area contributed by atoms with Crippen LogP contribution in [0.1, 0.15) is 5.56 Å². The van der Waals surface area contributed by atoms with Gasteiger partial charge in [0.1, 0.15) is 34.7 Å². The standard InChI is InChI=1S/C18H9ClN4O2/c19-14-5-1-2-6-15(14)25-17-13(9-12(10-20)11-21)18(24)23-8-4-3-7-16(23)22-17/h1-9H. The summed E-state index contributed by atoms with van der Waals surface area (Å²) < 4.78 is 7.00. The Labute approximate surface area is 147 Å². The topological polar surface area (TPSA) is 91.2 Å². The first-order chi connectivity index (χ1) is 12.1. The summed E-state index contributed by atoms with van der Waals surface area (Å²) in [6.45, 7) is 0. The van der Waals surface area contributed by atoms with Crippen molar-refractivity contribution in [2.75, 3.05) is 0 Å². The average molecular weight is 349 g/mol. The highest BCUT2D eigenvalue weighted by Crippen LogP contribution is 2.29. The van der Waals surface area contributed by atoms with Crippen LogP contribution in [0.15, 0.2) is 59.0 Å². The Morgan fingerprint density at radius 1 is 1.16 bits per heavy atom.